The van der Waals surface area contributed by atoms with E-state index < -0.39 is 0 Å². The van der Waals surface area contributed by atoms with E-state index in [9.17, 15) is 0 Å². The Bertz CT molecular complexity index is 187. The van der Waals surface area contributed by atoms with Gasteiger partial charge in [0.1, 0.15) is 0 Å². The topological polar surface area (TPSA) is 29.3 Å². The Morgan fingerprint density at radius 2 is 1.94 bits per heavy atom. The van der Waals surface area contributed by atoms with Crippen LogP contribution in [0, 0.1) is 17.8 Å². The van der Waals surface area contributed by atoms with Gasteiger partial charge in [-0.25, -0.2) is 0 Å². The average Bonchev–Trinajstić information content (AvgIpc) is 3.07. The molecule has 2 nitrogen and oxygen atoms in total. The lowest BCUT2D eigenvalue weighted by molar-refractivity contribution is 0.235. The molecule has 1 aliphatic carbocycles. The molecule has 102 valence electrons. The molecule has 1 fully saturated rings. The smallest absolute Gasteiger partial charge is 0.000966 e. The van der Waals surface area contributed by atoms with Gasteiger partial charge in [0.2, 0.25) is 0 Å². The molecule has 1 saturated carbocycles. The summed E-state index contributed by atoms with van der Waals surface area (Å²) in [6, 6.07) is 0. The summed E-state index contributed by atoms with van der Waals surface area (Å²) < 4.78 is 0. The van der Waals surface area contributed by atoms with Gasteiger partial charge >= 0.3 is 0 Å². The molecular weight excluding hydrogens is 208 g/mol. The van der Waals surface area contributed by atoms with Crippen molar-refractivity contribution in [3.05, 3.63) is 0 Å². The van der Waals surface area contributed by atoms with Crippen molar-refractivity contribution in [2.75, 3.05) is 26.2 Å². The molecule has 0 saturated heterocycles. The molecule has 1 atom stereocenters. The van der Waals surface area contributed by atoms with E-state index in [0.29, 0.717) is 0 Å². The van der Waals surface area contributed by atoms with Crippen molar-refractivity contribution in [3.63, 3.8) is 0 Å². The van der Waals surface area contributed by atoms with Gasteiger partial charge in [-0.05, 0) is 69.5 Å². The number of rotatable bonds is 10. The van der Waals surface area contributed by atoms with E-state index in [1.807, 2.05) is 0 Å². The minimum atomic E-state index is 0.730. The van der Waals surface area contributed by atoms with Crippen molar-refractivity contribution in [1.82, 2.24) is 4.90 Å². The lowest BCUT2D eigenvalue weighted by Gasteiger charge is -2.25. The average molecular weight is 240 g/mol. The van der Waals surface area contributed by atoms with Crippen molar-refractivity contribution in [3.8, 4) is 0 Å². The quantitative estimate of drug-likeness (QED) is 0.636. The van der Waals surface area contributed by atoms with E-state index in [1.54, 1.807) is 0 Å². The summed E-state index contributed by atoms with van der Waals surface area (Å²) in [6.45, 7) is 11.6. The van der Waals surface area contributed by atoms with Crippen molar-refractivity contribution in [2.24, 2.45) is 23.5 Å². The second-order valence-corrected chi connectivity index (χ2v) is 6.26. The fourth-order valence-electron chi connectivity index (χ4n) is 2.64. The third-order valence-corrected chi connectivity index (χ3v) is 3.74. The maximum atomic E-state index is 5.88. The number of nitrogens with two attached hydrogens (primary N) is 1. The van der Waals surface area contributed by atoms with Crippen LogP contribution in [-0.2, 0) is 0 Å². The molecule has 1 unspecified atom stereocenters. The Morgan fingerprint density at radius 1 is 1.24 bits per heavy atom. The van der Waals surface area contributed by atoms with Gasteiger partial charge in [0.15, 0.2) is 0 Å². The predicted octanol–water partition coefficient (Wildman–Crippen LogP) is 3.12. The van der Waals surface area contributed by atoms with Gasteiger partial charge in [-0.15, -0.1) is 0 Å². The first kappa shape index (κ1) is 15.0. The zero-order chi connectivity index (χ0) is 12.7. The van der Waals surface area contributed by atoms with Gasteiger partial charge in [-0.3, -0.25) is 0 Å². The summed E-state index contributed by atoms with van der Waals surface area (Å²) >= 11 is 0. The third kappa shape index (κ3) is 7.05. The Balaban J connectivity index is 2.22. The Morgan fingerprint density at radius 3 is 2.41 bits per heavy atom. The Hall–Kier alpha value is -0.0800. The van der Waals surface area contributed by atoms with Crippen LogP contribution in [0.3, 0.4) is 0 Å². The largest absolute Gasteiger partial charge is 0.330 e. The normalized spacial score (nSPS) is 18.0. The van der Waals surface area contributed by atoms with E-state index in [2.05, 4.69) is 25.7 Å². The van der Waals surface area contributed by atoms with E-state index in [1.165, 1.54) is 51.7 Å². The van der Waals surface area contributed by atoms with Crippen LogP contribution in [0.4, 0.5) is 0 Å². The van der Waals surface area contributed by atoms with Crippen LogP contribution in [0.2, 0.25) is 0 Å². The molecule has 0 heterocycles. The van der Waals surface area contributed by atoms with Crippen LogP contribution in [-0.4, -0.2) is 31.1 Å². The maximum absolute atomic E-state index is 5.88. The lowest BCUT2D eigenvalue weighted by atomic mass is 9.94. The molecule has 1 aliphatic rings. The molecule has 0 radical (unpaired) electrons. The standard InChI is InChI=1S/C15H32N2/c1-4-8-17(12-14-5-6-14)9-7-15(11-16)10-13(2)3/h13-15H,4-12,16H2,1-3H3. The van der Waals surface area contributed by atoms with Crippen LogP contribution in [0.1, 0.15) is 52.9 Å². The van der Waals surface area contributed by atoms with E-state index in [4.69, 9.17) is 5.73 Å². The summed E-state index contributed by atoms with van der Waals surface area (Å²) in [6.07, 6.45) is 6.80. The van der Waals surface area contributed by atoms with Gasteiger partial charge in [0.25, 0.3) is 0 Å². The van der Waals surface area contributed by atoms with E-state index in [-0.39, 0.29) is 0 Å². The van der Waals surface area contributed by atoms with Gasteiger partial charge in [0, 0.05) is 6.54 Å². The van der Waals surface area contributed by atoms with Crippen LogP contribution >= 0.6 is 0 Å². The molecular formula is C15H32N2. The summed E-state index contributed by atoms with van der Waals surface area (Å²) in [5.74, 6) is 2.53. The van der Waals surface area contributed by atoms with E-state index in [0.717, 1.165) is 24.3 Å². The van der Waals surface area contributed by atoms with Crippen LogP contribution in [0.25, 0.3) is 0 Å². The summed E-state index contributed by atoms with van der Waals surface area (Å²) in [7, 11) is 0. The molecule has 17 heavy (non-hydrogen) atoms. The third-order valence-electron chi connectivity index (χ3n) is 3.74. The first-order valence-electron chi connectivity index (χ1n) is 7.58. The highest BCUT2D eigenvalue weighted by Crippen LogP contribution is 2.30. The number of hydrogen-bond donors (Lipinski definition) is 1. The second kappa shape index (κ2) is 8.10. The van der Waals surface area contributed by atoms with Crippen molar-refractivity contribution < 1.29 is 0 Å². The summed E-state index contributed by atoms with van der Waals surface area (Å²) in [5.41, 5.74) is 5.88. The molecule has 2 heteroatoms. The predicted molar refractivity (Wildman–Crippen MR) is 76.1 cm³/mol. The molecule has 1 rings (SSSR count). The lowest BCUT2D eigenvalue weighted by Crippen LogP contribution is -2.30. The number of hydrogen-bond acceptors (Lipinski definition) is 2. The maximum Gasteiger partial charge on any atom is 0.000966 e. The molecule has 0 aromatic rings. The summed E-state index contributed by atoms with van der Waals surface area (Å²) in [5, 5.41) is 0. The highest BCUT2D eigenvalue weighted by atomic mass is 15.1. The highest BCUT2D eigenvalue weighted by molar-refractivity contribution is 4.77. The van der Waals surface area contributed by atoms with Crippen LogP contribution < -0.4 is 5.73 Å². The van der Waals surface area contributed by atoms with Crippen molar-refractivity contribution in [2.45, 2.75) is 52.9 Å². The second-order valence-electron chi connectivity index (χ2n) is 6.26. The Kier molecular flexibility index (Phi) is 7.14. The minimum absolute atomic E-state index is 0.730. The Labute approximate surface area is 108 Å². The SMILES string of the molecule is CCCN(CCC(CN)CC(C)C)CC1CC1. The molecule has 0 spiro atoms. The monoisotopic (exact) mass is 240 g/mol. The molecule has 0 amide bonds. The molecule has 0 aromatic heterocycles. The summed E-state index contributed by atoms with van der Waals surface area (Å²) in [4.78, 5) is 2.67. The van der Waals surface area contributed by atoms with Crippen LogP contribution in [0.15, 0.2) is 0 Å². The van der Waals surface area contributed by atoms with Gasteiger partial charge in [-0.2, -0.15) is 0 Å². The van der Waals surface area contributed by atoms with Crippen LogP contribution in [0.5, 0.6) is 0 Å². The molecule has 0 aromatic carbocycles. The molecule has 0 bridgehead atoms. The first-order chi connectivity index (χ1) is 8.15. The molecule has 0 aliphatic heterocycles. The zero-order valence-corrected chi connectivity index (χ0v) is 12.1. The van der Waals surface area contributed by atoms with Gasteiger partial charge in [0.05, 0.1) is 0 Å². The van der Waals surface area contributed by atoms with E-state index >= 15 is 0 Å². The fourth-order valence-corrected chi connectivity index (χ4v) is 2.64. The fraction of sp³-hybridized carbons (Fsp3) is 1.00. The van der Waals surface area contributed by atoms with Gasteiger partial charge < -0.3 is 10.6 Å². The van der Waals surface area contributed by atoms with Gasteiger partial charge in [-0.1, -0.05) is 20.8 Å². The number of nitrogens with zero attached hydrogens (tertiary/aromatic N) is 1. The highest BCUT2D eigenvalue weighted by Gasteiger charge is 2.24. The first-order valence-corrected chi connectivity index (χ1v) is 7.58. The zero-order valence-electron chi connectivity index (χ0n) is 12.1. The minimum Gasteiger partial charge on any atom is -0.330 e. The molecule has 2 N–H and O–H groups in total. The van der Waals surface area contributed by atoms with Crippen molar-refractivity contribution >= 4 is 0 Å². The van der Waals surface area contributed by atoms with Crippen molar-refractivity contribution in [1.29, 1.82) is 0 Å².